The fourth-order valence-electron chi connectivity index (χ4n) is 5.51. The van der Waals surface area contributed by atoms with E-state index in [0.29, 0.717) is 6.61 Å². The maximum Gasteiger partial charge on any atom is 0.263 e. The Morgan fingerprint density at radius 3 is 1.76 bits per heavy atom. The molecule has 4 aromatic rings. The van der Waals surface area contributed by atoms with Crippen molar-refractivity contribution in [1.29, 1.82) is 0 Å². The van der Waals surface area contributed by atoms with Crippen LogP contribution >= 0.6 is 58.2 Å². The maximum atomic E-state index is 14.1. The van der Waals surface area contributed by atoms with Gasteiger partial charge < -0.3 is 19.3 Å². The van der Waals surface area contributed by atoms with Crippen molar-refractivity contribution in [2.75, 3.05) is 6.61 Å². The minimum atomic E-state index is -1.31. The van der Waals surface area contributed by atoms with Gasteiger partial charge in [0.05, 0.1) is 51.0 Å². The van der Waals surface area contributed by atoms with E-state index in [1.807, 2.05) is 91.0 Å². The molecule has 4 aromatic carbocycles. The fraction of sp³-hybridized carbons (Fsp3) is 0.235. The van der Waals surface area contributed by atoms with Gasteiger partial charge in [-0.1, -0.05) is 137 Å². The highest BCUT2D eigenvalue weighted by Crippen LogP contribution is 2.47. The zero-order valence-corrected chi connectivity index (χ0v) is 27.9. The van der Waals surface area contributed by atoms with Gasteiger partial charge in [-0.25, -0.2) is 0 Å². The van der Waals surface area contributed by atoms with Crippen molar-refractivity contribution in [3.63, 3.8) is 0 Å². The maximum absolute atomic E-state index is 14.1. The summed E-state index contributed by atoms with van der Waals surface area (Å²) in [5.41, 5.74) is 0.548. The number of benzene rings is 4. The lowest BCUT2D eigenvalue weighted by Gasteiger charge is -2.47. The van der Waals surface area contributed by atoms with Crippen LogP contribution in [0.5, 0.6) is 0 Å². The number of fused-ring (bicyclic) bond motifs is 1. The predicted octanol–water partition coefficient (Wildman–Crippen LogP) is 7.95. The molecule has 1 N–H and O–H groups in total. The Morgan fingerprint density at radius 1 is 0.717 bits per heavy atom. The third kappa shape index (κ3) is 6.69. The summed E-state index contributed by atoms with van der Waals surface area (Å²) < 4.78 is 18.9. The highest BCUT2D eigenvalue weighted by atomic mass is 35.5. The van der Waals surface area contributed by atoms with Crippen LogP contribution in [0.15, 0.2) is 95.9 Å². The molecule has 0 spiro atoms. The Balaban J connectivity index is 1.38. The van der Waals surface area contributed by atoms with E-state index in [9.17, 15) is 14.7 Å². The van der Waals surface area contributed by atoms with Crippen molar-refractivity contribution in [3.05, 3.63) is 133 Å². The molecule has 5 atom stereocenters. The van der Waals surface area contributed by atoms with Gasteiger partial charge in [-0.3, -0.25) is 14.5 Å². The summed E-state index contributed by atoms with van der Waals surface area (Å²) in [6, 6.07) is 27.2. The van der Waals surface area contributed by atoms with Gasteiger partial charge in [0.1, 0.15) is 29.8 Å². The number of imide groups is 1. The van der Waals surface area contributed by atoms with Crippen molar-refractivity contribution in [1.82, 2.24) is 4.90 Å². The first-order valence-electron chi connectivity index (χ1n) is 14.3. The van der Waals surface area contributed by atoms with Gasteiger partial charge in [-0.05, 0) is 23.3 Å². The standard InChI is InChI=1S/C34H27Cl4NO6S/c35-25-23-24(26(36)28(38)27(25)37)33(42)39(32(23)41)29-31(44-17-20-12-6-2-7-13-20)30(40)22(18-43-16-19-10-4-1-5-11-19)45-34(29)46-21-14-8-3-9-15-21/h1-15,22,29-31,34,40H,16-18H2/t22-,29-,30-,31-,34+/m1/s1. The van der Waals surface area contributed by atoms with E-state index < -0.39 is 41.6 Å². The second-order valence-electron chi connectivity index (χ2n) is 10.7. The smallest absolute Gasteiger partial charge is 0.263 e. The normalized spacial score (nSPS) is 22.7. The molecule has 0 unspecified atom stereocenters. The van der Waals surface area contributed by atoms with Crippen molar-refractivity contribution >= 4 is 70.0 Å². The number of carbonyl (C=O) groups excluding carboxylic acids is 2. The summed E-state index contributed by atoms with van der Waals surface area (Å²) in [5, 5.41) is 11.2. The summed E-state index contributed by atoms with van der Waals surface area (Å²) >= 11 is 26.8. The summed E-state index contributed by atoms with van der Waals surface area (Å²) in [4.78, 5) is 30.0. The number of hydrogen-bond acceptors (Lipinski definition) is 7. The van der Waals surface area contributed by atoms with E-state index in [1.54, 1.807) is 0 Å². The lowest BCUT2D eigenvalue weighted by atomic mass is 9.96. The quantitative estimate of drug-likeness (QED) is 0.101. The van der Waals surface area contributed by atoms with Crippen LogP contribution < -0.4 is 0 Å². The molecule has 1 fully saturated rings. The van der Waals surface area contributed by atoms with Crippen LogP contribution in [0, 0.1) is 0 Å². The minimum Gasteiger partial charge on any atom is -0.388 e. The van der Waals surface area contributed by atoms with Crippen LogP contribution in [0.2, 0.25) is 20.1 Å². The molecule has 6 rings (SSSR count). The molecule has 0 aliphatic carbocycles. The van der Waals surface area contributed by atoms with Gasteiger partial charge in [0.15, 0.2) is 0 Å². The van der Waals surface area contributed by atoms with E-state index in [2.05, 4.69) is 0 Å². The molecule has 2 aliphatic heterocycles. The average Bonchev–Trinajstić information content (AvgIpc) is 3.33. The number of aliphatic hydroxyl groups excluding tert-OH is 1. The lowest BCUT2D eigenvalue weighted by molar-refractivity contribution is -0.205. The molecule has 2 aliphatic rings. The number of thioether (sulfide) groups is 1. The monoisotopic (exact) mass is 717 g/mol. The van der Waals surface area contributed by atoms with Gasteiger partial charge in [-0.15, -0.1) is 0 Å². The topological polar surface area (TPSA) is 85.3 Å². The molecule has 2 heterocycles. The number of carbonyl (C=O) groups is 2. The first-order chi connectivity index (χ1) is 22.3. The molecule has 0 radical (unpaired) electrons. The van der Waals surface area contributed by atoms with Crippen LogP contribution in [0.1, 0.15) is 31.8 Å². The molecule has 0 saturated carbocycles. The Bertz CT molecular complexity index is 1670. The molecular formula is C34H27Cl4NO6S. The first kappa shape index (κ1) is 33.3. The van der Waals surface area contributed by atoms with Gasteiger partial charge in [-0.2, -0.15) is 0 Å². The number of nitrogens with zero attached hydrogens (tertiary/aromatic N) is 1. The molecular weight excluding hydrogens is 692 g/mol. The van der Waals surface area contributed by atoms with E-state index in [4.69, 9.17) is 60.6 Å². The molecule has 1 saturated heterocycles. The predicted molar refractivity (Wildman–Crippen MR) is 179 cm³/mol. The van der Waals surface area contributed by atoms with E-state index in [-0.39, 0.29) is 44.4 Å². The van der Waals surface area contributed by atoms with Crippen LogP contribution in [-0.2, 0) is 27.4 Å². The summed E-state index contributed by atoms with van der Waals surface area (Å²) in [5.74, 6) is -1.51. The lowest BCUT2D eigenvalue weighted by Crippen LogP contribution is -2.65. The van der Waals surface area contributed by atoms with E-state index in [0.717, 1.165) is 20.9 Å². The highest BCUT2D eigenvalue weighted by Gasteiger charge is 2.55. The van der Waals surface area contributed by atoms with Crippen LogP contribution in [0.3, 0.4) is 0 Å². The first-order valence-corrected chi connectivity index (χ1v) is 16.7. The number of aliphatic hydroxyl groups is 1. The van der Waals surface area contributed by atoms with Crippen LogP contribution in [0.25, 0.3) is 0 Å². The molecule has 0 aromatic heterocycles. The molecule has 46 heavy (non-hydrogen) atoms. The average molecular weight is 719 g/mol. The molecule has 12 heteroatoms. The van der Waals surface area contributed by atoms with Crippen molar-refractivity contribution in [2.24, 2.45) is 0 Å². The minimum absolute atomic E-state index is 0.0187. The number of ether oxygens (including phenoxy) is 3. The Kier molecular flexibility index (Phi) is 10.6. The molecule has 238 valence electrons. The third-order valence-corrected chi connectivity index (χ3v) is 10.7. The number of rotatable bonds is 10. The molecule has 0 bridgehead atoms. The zero-order valence-electron chi connectivity index (χ0n) is 24.0. The van der Waals surface area contributed by atoms with Gasteiger partial charge in [0, 0.05) is 4.90 Å². The second-order valence-corrected chi connectivity index (χ2v) is 13.4. The van der Waals surface area contributed by atoms with Crippen LogP contribution in [0.4, 0.5) is 0 Å². The number of amides is 2. The largest absolute Gasteiger partial charge is 0.388 e. The SMILES string of the molecule is O=C1c2c(Cl)c(Cl)c(Cl)c(Cl)c2C(=O)N1[C@@H]1[C@@H](OCc2ccccc2)[C@H](O)[C@@H](COCc2ccccc2)O[C@H]1Sc1ccccc1. The van der Waals surface area contributed by atoms with E-state index in [1.165, 1.54) is 11.8 Å². The molecule has 7 nitrogen and oxygen atoms in total. The molecule has 2 amide bonds. The second kappa shape index (κ2) is 14.6. The fourth-order valence-corrected chi connectivity index (χ4v) is 7.72. The van der Waals surface area contributed by atoms with Crippen molar-refractivity contribution < 1.29 is 28.9 Å². The Hall–Kier alpha value is -2.63. The number of halogens is 4. The highest BCUT2D eigenvalue weighted by molar-refractivity contribution is 7.99. The Morgan fingerprint density at radius 2 is 1.22 bits per heavy atom. The van der Waals surface area contributed by atoms with E-state index >= 15 is 0 Å². The van der Waals surface area contributed by atoms with Crippen LogP contribution in [-0.4, -0.2) is 58.2 Å². The number of hydrogen-bond donors (Lipinski definition) is 1. The zero-order chi connectivity index (χ0) is 32.4. The van der Waals surface area contributed by atoms with Gasteiger partial charge in [0.25, 0.3) is 11.8 Å². The third-order valence-electron chi connectivity index (χ3n) is 7.75. The summed E-state index contributed by atoms with van der Waals surface area (Å²) in [7, 11) is 0. The Labute approximate surface area is 290 Å². The summed E-state index contributed by atoms with van der Waals surface area (Å²) in [6.45, 7) is 0.395. The van der Waals surface area contributed by atoms with Crippen molar-refractivity contribution in [3.8, 4) is 0 Å². The summed E-state index contributed by atoms with van der Waals surface area (Å²) in [6.07, 6.45) is -3.28. The van der Waals surface area contributed by atoms with Gasteiger partial charge in [0.2, 0.25) is 0 Å². The van der Waals surface area contributed by atoms with Gasteiger partial charge >= 0.3 is 0 Å². The van der Waals surface area contributed by atoms with Crippen molar-refractivity contribution in [2.45, 2.75) is 47.9 Å².